The summed E-state index contributed by atoms with van der Waals surface area (Å²) < 4.78 is 11.2. The van der Waals surface area contributed by atoms with Crippen molar-refractivity contribution in [3.05, 3.63) is 59.4 Å². The number of fused-ring (bicyclic) bond motifs is 1. The molecule has 0 unspecified atom stereocenters. The molecule has 1 fully saturated rings. The van der Waals surface area contributed by atoms with E-state index in [1.165, 1.54) is 24.0 Å². The second kappa shape index (κ2) is 7.28. The lowest BCUT2D eigenvalue weighted by Gasteiger charge is -2.33. The number of likely N-dealkylation sites (tertiary alicyclic amines) is 1. The predicted molar refractivity (Wildman–Crippen MR) is 99.1 cm³/mol. The Labute approximate surface area is 149 Å². The fourth-order valence-electron chi connectivity index (χ4n) is 3.77. The third kappa shape index (κ3) is 3.69. The molecular formula is C21H24N2O2. The first kappa shape index (κ1) is 16.2. The summed E-state index contributed by atoms with van der Waals surface area (Å²) in [7, 11) is 1.70. The van der Waals surface area contributed by atoms with E-state index < -0.39 is 0 Å². The number of piperidine rings is 1. The Bertz CT molecular complexity index is 750. The number of hydrogen-bond acceptors (Lipinski definition) is 4. The number of ether oxygens (including phenoxy) is 2. The Morgan fingerprint density at radius 1 is 1.16 bits per heavy atom. The minimum absolute atomic E-state index is 0.667. The van der Waals surface area contributed by atoms with Crippen LogP contribution in [0.5, 0.6) is 11.5 Å². The van der Waals surface area contributed by atoms with Crippen molar-refractivity contribution in [2.24, 2.45) is 0 Å². The smallest absolute Gasteiger partial charge is 0.127 e. The van der Waals surface area contributed by atoms with Gasteiger partial charge < -0.3 is 9.47 Å². The molecule has 0 amide bonds. The molecule has 0 saturated carbocycles. The van der Waals surface area contributed by atoms with E-state index in [4.69, 9.17) is 9.47 Å². The van der Waals surface area contributed by atoms with Crippen LogP contribution in [-0.4, -0.2) is 43.2 Å². The van der Waals surface area contributed by atoms with E-state index in [1.807, 2.05) is 30.6 Å². The largest absolute Gasteiger partial charge is 0.497 e. The lowest BCUT2D eigenvalue weighted by molar-refractivity contribution is 0.219. The average molecular weight is 336 g/mol. The normalized spacial score (nSPS) is 18.2. The molecule has 0 N–H and O–H groups in total. The lowest BCUT2D eigenvalue weighted by atomic mass is 9.90. The van der Waals surface area contributed by atoms with Crippen molar-refractivity contribution in [1.82, 2.24) is 9.88 Å². The summed E-state index contributed by atoms with van der Waals surface area (Å²) in [5, 5.41) is 0. The van der Waals surface area contributed by atoms with Crippen LogP contribution in [0.2, 0.25) is 0 Å². The maximum absolute atomic E-state index is 5.91. The van der Waals surface area contributed by atoms with Crippen molar-refractivity contribution in [1.29, 1.82) is 0 Å². The average Bonchev–Trinajstić information content (AvgIpc) is 2.68. The van der Waals surface area contributed by atoms with Crippen LogP contribution in [-0.2, 0) is 0 Å². The minimum Gasteiger partial charge on any atom is -0.497 e. The zero-order valence-corrected chi connectivity index (χ0v) is 14.6. The molecule has 0 aliphatic carbocycles. The van der Waals surface area contributed by atoms with E-state index in [2.05, 4.69) is 28.1 Å². The van der Waals surface area contributed by atoms with Crippen LogP contribution in [0, 0.1) is 0 Å². The van der Waals surface area contributed by atoms with E-state index in [0.717, 1.165) is 36.7 Å². The van der Waals surface area contributed by atoms with Crippen molar-refractivity contribution >= 4 is 6.08 Å². The van der Waals surface area contributed by atoms with Crippen LogP contribution in [0.15, 0.2) is 48.3 Å². The number of aromatic nitrogens is 1. The Morgan fingerprint density at radius 2 is 1.96 bits per heavy atom. The Morgan fingerprint density at radius 3 is 2.72 bits per heavy atom. The summed E-state index contributed by atoms with van der Waals surface area (Å²) in [5.41, 5.74) is 3.88. The first-order chi connectivity index (χ1) is 12.3. The molecule has 4 heteroatoms. The van der Waals surface area contributed by atoms with Gasteiger partial charge in [0.25, 0.3) is 0 Å². The van der Waals surface area contributed by atoms with Gasteiger partial charge in [-0.15, -0.1) is 0 Å². The van der Waals surface area contributed by atoms with Crippen molar-refractivity contribution in [2.75, 3.05) is 33.4 Å². The first-order valence-electron chi connectivity index (χ1n) is 8.94. The van der Waals surface area contributed by atoms with Gasteiger partial charge in [-0.05, 0) is 79.4 Å². The number of benzene rings is 1. The fourth-order valence-corrected chi connectivity index (χ4v) is 3.77. The SMILES string of the molecule is COc1ccc2c(c1)C=C(CN1CCC(c3ccncc3)CC1)CO2. The second-order valence-electron chi connectivity index (χ2n) is 6.83. The summed E-state index contributed by atoms with van der Waals surface area (Å²) in [6, 6.07) is 10.3. The summed E-state index contributed by atoms with van der Waals surface area (Å²) in [4.78, 5) is 6.66. The van der Waals surface area contributed by atoms with Gasteiger partial charge in [-0.25, -0.2) is 0 Å². The fraction of sp³-hybridized carbons (Fsp3) is 0.381. The molecule has 0 spiro atoms. The van der Waals surface area contributed by atoms with Gasteiger partial charge in [-0.3, -0.25) is 9.88 Å². The Balaban J connectivity index is 1.38. The standard InChI is InChI=1S/C21H24N2O2/c1-24-20-2-3-21-19(13-20)12-16(15-25-21)14-23-10-6-18(7-11-23)17-4-8-22-9-5-17/h2-5,8-9,12-13,18H,6-7,10-11,14-15H2,1H3. The lowest BCUT2D eigenvalue weighted by Crippen LogP contribution is -2.35. The molecule has 4 rings (SSSR count). The Kier molecular flexibility index (Phi) is 4.70. The molecule has 0 atom stereocenters. The highest BCUT2D eigenvalue weighted by Gasteiger charge is 2.22. The maximum atomic E-state index is 5.91. The summed E-state index contributed by atoms with van der Waals surface area (Å²) in [5.74, 6) is 2.49. The third-order valence-electron chi connectivity index (χ3n) is 5.18. The van der Waals surface area contributed by atoms with Gasteiger partial charge in [-0.1, -0.05) is 0 Å². The van der Waals surface area contributed by atoms with Crippen LogP contribution in [0.4, 0.5) is 0 Å². The summed E-state index contributed by atoms with van der Waals surface area (Å²) in [6.45, 7) is 3.94. The molecule has 2 aliphatic heterocycles. The van der Waals surface area contributed by atoms with Crippen LogP contribution in [0.3, 0.4) is 0 Å². The quantitative estimate of drug-likeness (QED) is 0.852. The summed E-state index contributed by atoms with van der Waals surface area (Å²) in [6.07, 6.45) is 8.48. The highest BCUT2D eigenvalue weighted by atomic mass is 16.5. The van der Waals surface area contributed by atoms with Crippen molar-refractivity contribution < 1.29 is 9.47 Å². The van der Waals surface area contributed by atoms with Crippen molar-refractivity contribution in [3.63, 3.8) is 0 Å². The van der Waals surface area contributed by atoms with Gasteiger partial charge in [0.05, 0.1) is 7.11 Å². The van der Waals surface area contributed by atoms with Gasteiger partial charge in [0.1, 0.15) is 18.1 Å². The van der Waals surface area contributed by atoms with Gasteiger partial charge in [0.2, 0.25) is 0 Å². The van der Waals surface area contributed by atoms with Crippen molar-refractivity contribution in [2.45, 2.75) is 18.8 Å². The molecule has 3 heterocycles. The molecule has 1 aromatic carbocycles. The van der Waals surface area contributed by atoms with Crippen LogP contribution < -0.4 is 9.47 Å². The predicted octanol–water partition coefficient (Wildman–Crippen LogP) is 3.75. The number of hydrogen-bond donors (Lipinski definition) is 0. The van der Waals surface area contributed by atoms with Crippen LogP contribution >= 0.6 is 0 Å². The van der Waals surface area contributed by atoms with Crippen molar-refractivity contribution in [3.8, 4) is 11.5 Å². The molecule has 1 saturated heterocycles. The monoisotopic (exact) mass is 336 g/mol. The molecule has 0 radical (unpaired) electrons. The third-order valence-corrected chi connectivity index (χ3v) is 5.18. The van der Waals surface area contributed by atoms with Gasteiger partial charge in [-0.2, -0.15) is 0 Å². The molecule has 2 aromatic rings. The van der Waals surface area contributed by atoms with E-state index in [9.17, 15) is 0 Å². The molecule has 0 bridgehead atoms. The second-order valence-corrected chi connectivity index (χ2v) is 6.83. The Hall–Kier alpha value is -2.33. The topological polar surface area (TPSA) is 34.6 Å². The first-order valence-corrected chi connectivity index (χ1v) is 8.94. The molecule has 130 valence electrons. The molecular weight excluding hydrogens is 312 g/mol. The van der Waals surface area contributed by atoms with Gasteiger partial charge >= 0.3 is 0 Å². The van der Waals surface area contributed by atoms with E-state index in [0.29, 0.717) is 12.5 Å². The number of nitrogens with zero attached hydrogens (tertiary/aromatic N) is 2. The molecule has 25 heavy (non-hydrogen) atoms. The molecule has 4 nitrogen and oxygen atoms in total. The molecule has 1 aromatic heterocycles. The van der Waals surface area contributed by atoms with Crippen LogP contribution in [0.1, 0.15) is 29.9 Å². The zero-order valence-electron chi connectivity index (χ0n) is 14.6. The highest BCUT2D eigenvalue weighted by Crippen LogP contribution is 2.31. The zero-order chi connectivity index (χ0) is 17.1. The maximum Gasteiger partial charge on any atom is 0.127 e. The number of methoxy groups -OCH3 is 1. The van der Waals surface area contributed by atoms with E-state index in [-0.39, 0.29) is 0 Å². The minimum atomic E-state index is 0.667. The number of pyridine rings is 1. The molecule has 2 aliphatic rings. The number of rotatable bonds is 4. The highest BCUT2D eigenvalue weighted by molar-refractivity contribution is 5.64. The van der Waals surface area contributed by atoms with Gasteiger partial charge in [0.15, 0.2) is 0 Å². The van der Waals surface area contributed by atoms with Crippen LogP contribution in [0.25, 0.3) is 6.08 Å². The van der Waals surface area contributed by atoms with E-state index >= 15 is 0 Å². The summed E-state index contributed by atoms with van der Waals surface area (Å²) >= 11 is 0. The van der Waals surface area contributed by atoms with Gasteiger partial charge in [0, 0.05) is 24.5 Å². The van der Waals surface area contributed by atoms with E-state index in [1.54, 1.807) is 7.11 Å².